The summed E-state index contributed by atoms with van der Waals surface area (Å²) >= 11 is 17.3. The molecule has 8 heteroatoms. The van der Waals surface area contributed by atoms with Gasteiger partial charge < -0.3 is 10.4 Å². The third kappa shape index (κ3) is 3.44. The number of carboxylic acid groups (broad SMARTS) is 1. The van der Waals surface area contributed by atoms with Crippen LogP contribution in [0.2, 0.25) is 15.3 Å². The first-order valence-corrected chi connectivity index (χ1v) is 6.68. The summed E-state index contributed by atoms with van der Waals surface area (Å²) in [6.07, 6.45) is 0. The number of rotatable bonds is 3. The van der Waals surface area contributed by atoms with E-state index < -0.39 is 11.9 Å². The lowest BCUT2D eigenvalue weighted by Crippen LogP contribution is -2.16. The largest absolute Gasteiger partial charge is 0.478 e. The smallest absolute Gasteiger partial charge is 0.339 e. The van der Waals surface area contributed by atoms with Gasteiger partial charge in [0.15, 0.2) is 0 Å². The minimum absolute atomic E-state index is 0.0145. The molecule has 0 bridgehead atoms. The highest BCUT2D eigenvalue weighted by atomic mass is 35.5. The van der Waals surface area contributed by atoms with E-state index in [-0.39, 0.29) is 32.1 Å². The standard InChI is InChI=1S/C13H7Cl3N2O3/c14-7-2-1-3-8(10(7)13(20)21)17-12(19)6-4-5-9(15)18-11(6)16/h1-5H,(H,17,19)(H,20,21). The van der Waals surface area contributed by atoms with Gasteiger partial charge in [0.25, 0.3) is 5.91 Å². The predicted molar refractivity (Wildman–Crippen MR) is 80.6 cm³/mol. The van der Waals surface area contributed by atoms with Gasteiger partial charge in [0.2, 0.25) is 0 Å². The highest BCUT2D eigenvalue weighted by Crippen LogP contribution is 2.25. The van der Waals surface area contributed by atoms with Gasteiger partial charge in [-0.25, -0.2) is 9.78 Å². The second-order valence-corrected chi connectivity index (χ2v) is 5.05. The van der Waals surface area contributed by atoms with Gasteiger partial charge in [-0.1, -0.05) is 40.9 Å². The molecule has 2 rings (SSSR count). The predicted octanol–water partition coefficient (Wildman–Crippen LogP) is 3.99. The Kier molecular flexibility index (Phi) is 4.67. The molecule has 0 unspecified atom stereocenters. The zero-order chi connectivity index (χ0) is 15.6. The molecule has 0 spiro atoms. The van der Waals surface area contributed by atoms with Crippen molar-refractivity contribution in [1.82, 2.24) is 4.98 Å². The molecular formula is C13H7Cl3N2O3. The summed E-state index contributed by atoms with van der Waals surface area (Å²) in [5, 5.41) is 11.6. The van der Waals surface area contributed by atoms with E-state index in [0.717, 1.165) is 0 Å². The molecule has 21 heavy (non-hydrogen) atoms. The molecule has 0 saturated heterocycles. The zero-order valence-corrected chi connectivity index (χ0v) is 12.5. The van der Waals surface area contributed by atoms with Gasteiger partial charge in [-0.05, 0) is 24.3 Å². The highest BCUT2D eigenvalue weighted by molar-refractivity contribution is 6.36. The first-order valence-electron chi connectivity index (χ1n) is 5.55. The maximum atomic E-state index is 12.1. The third-order valence-electron chi connectivity index (χ3n) is 2.54. The Morgan fingerprint density at radius 2 is 1.81 bits per heavy atom. The molecule has 0 atom stereocenters. The lowest BCUT2D eigenvalue weighted by molar-refractivity contribution is 0.0698. The van der Waals surface area contributed by atoms with Crippen molar-refractivity contribution in [2.45, 2.75) is 0 Å². The van der Waals surface area contributed by atoms with Crippen LogP contribution in [-0.4, -0.2) is 22.0 Å². The van der Waals surface area contributed by atoms with Crippen LogP contribution in [0.4, 0.5) is 5.69 Å². The number of aromatic nitrogens is 1. The van der Waals surface area contributed by atoms with Crippen molar-refractivity contribution >= 4 is 52.4 Å². The van der Waals surface area contributed by atoms with E-state index in [2.05, 4.69) is 10.3 Å². The van der Waals surface area contributed by atoms with Crippen LogP contribution < -0.4 is 5.32 Å². The Balaban J connectivity index is 2.36. The third-order valence-corrected chi connectivity index (χ3v) is 3.35. The van der Waals surface area contributed by atoms with Gasteiger partial charge in [0, 0.05) is 0 Å². The lowest BCUT2D eigenvalue weighted by atomic mass is 10.1. The number of pyridine rings is 1. The number of halogens is 3. The molecule has 5 nitrogen and oxygen atoms in total. The quantitative estimate of drug-likeness (QED) is 0.824. The van der Waals surface area contributed by atoms with Gasteiger partial charge in [0.05, 0.1) is 16.3 Å². The topological polar surface area (TPSA) is 79.3 Å². The molecule has 0 aliphatic rings. The van der Waals surface area contributed by atoms with Crippen molar-refractivity contribution < 1.29 is 14.7 Å². The number of carbonyl (C=O) groups is 2. The van der Waals surface area contributed by atoms with E-state index in [9.17, 15) is 9.59 Å². The molecule has 0 saturated carbocycles. The van der Waals surface area contributed by atoms with Crippen molar-refractivity contribution in [1.29, 1.82) is 0 Å². The first kappa shape index (κ1) is 15.6. The van der Waals surface area contributed by atoms with E-state index >= 15 is 0 Å². The van der Waals surface area contributed by atoms with Crippen LogP contribution >= 0.6 is 34.8 Å². The van der Waals surface area contributed by atoms with Crippen LogP contribution in [-0.2, 0) is 0 Å². The number of anilines is 1. The average molecular weight is 346 g/mol. The van der Waals surface area contributed by atoms with Crippen molar-refractivity contribution in [2.24, 2.45) is 0 Å². The van der Waals surface area contributed by atoms with Gasteiger partial charge >= 0.3 is 5.97 Å². The molecule has 0 radical (unpaired) electrons. The average Bonchev–Trinajstić information content (AvgIpc) is 2.37. The first-order chi connectivity index (χ1) is 9.90. The molecule has 2 aromatic rings. The zero-order valence-electron chi connectivity index (χ0n) is 10.2. The summed E-state index contributed by atoms with van der Waals surface area (Å²) in [5.74, 6) is -1.87. The van der Waals surface area contributed by atoms with Crippen LogP contribution in [0.5, 0.6) is 0 Å². The fourth-order valence-electron chi connectivity index (χ4n) is 1.62. The molecule has 1 amide bonds. The number of benzene rings is 1. The van der Waals surface area contributed by atoms with Crippen molar-refractivity contribution in [3.63, 3.8) is 0 Å². The van der Waals surface area contributed by atoms with Gasteiger partial charge in [-0.3, -0.25) is 4.79 Å². The van der Waals surface area contributed by atoms with Gasteiger partial charge in [-0.15, -0.1) is 0 Å². The maximum absolute atomic E-state index is 12.1. The van der Waals surface area contributed by atoms with Crippen LogP contribution in [0.25, 0.3) is 0 Å². The Morgan fingerprint density at radius 1 is 1.10 bits per heavy atom. The Bertz CT molecular complexity index is 735. The number of nitrogens with zero attached hydrogens (tertiary/aromatic N) is 1. The number of carboxylic acids is 1. The molecule has 0 aliphatic carbocycles. The molecule has 2 N–H and O–H groups in total. The fourth-order valence-corrected chi connectivity index (χ4v) is 2.30. The summed E-state index contributed by atoms with van der Waals surface area (Å²) in [7, 11) is 0. The van der Waals surface area contributed by atoms with Gasteiger partial charge in [0.1, 0.15) is 15.9 Å². The van der Waals surface area contributed by atoms with Crippen LogP contribution in [0, 0.1) is 0 Å². The summed E-state index contributed by atoms with van der Waals surface area (Å²) in [6, 6.07) is 7.14. The molecule has 0 aliphatic heterocycles. The second kappa shape index (κ2) is 6.30. The summed E-state index contributed by atoms with van der Waals surface area (Å²) < 4.78 is 0. The van der Waals surface area contributed by atoms with E-state index in [1.54, 1.807) is 0 Å². The molecule has 1 heterocycles. The Labute approximate surface area is 134 Å². The molecule has 1 aromatic heterocycles. The van der Waals surface area contributed by atoms with E-state index in [0.29, 0.717) is 0 Å². The number of aromatic carboxylic acids is 1. The monoisotopic (exact) mass is 344 g/mol. The normalized spacial score (nSPS) is 10.2. The summed E-state index contributed by atoms with van der Waals surface area (Å²) in [6.45, 7) is 0. The van der Waals surface area contributed by atoms with Crippen LogP contribution in [0.15, 0.2) is 30.3 Å². The second-order valence-electron chi connectivity index (χ2n) is 3.89. The number of nitrogens with one attached hydrogen (secondary N) is 1. The Hall–Kier alpha value is -1.82. The van der Waals surface area contributed by atoms with E-state index in [4.69, 9.17) is 39.9 Å². The number of amides is 1. The molecule has 1 aromatic carbocycles. The fraction of sp³-hybridized carbons (Fsp3) is 0. The highest BCUT2D eigenvalue weighted by Gasteiger charge is 2.18. The van der Waals surface area contributed by atoms with Crippen LogP contribution in [0.3, 0.4) is 0 Å². The number of carbonyl (C=O) groups excluding carboxylic acids is 1. The lowest BCUT2D eigenvalue weighted by Gasteiger charge is -2.10. The Morgan fingerprint density at radius 3 is 2.43 bits per heavy atom. The van der Waals surface area contributed by atoms with Crippen LogP contribution in [0.1, 0.15) is 20.7 Å². The minimum Gasteiger partial charge on any atom is -0.478 e. The number of hydrogen-bond donors (Lipinski definition) is 2. The SMILES string of the molecule is O=C(Nc1cccc(Cl)c1C(=O)O)c1ccc(Cl)nc1Cl. The van der Waals surface area contributed by atoms with Crippen molar-refractivity contribution in [3.05, 3.63) is 56.8 Å². The minimum atomic E-state index is -1.25. The van der Waals surface area contributed by atoms with E-state index in [1.807, 2.05) is 0 Å². The number of hydrogen-bond acceptors (Lipinski definition) is 3. The van der Waals surface area contributed by atoms with Crippen molar-refractivity contribution in [3.8, 4) is 0 Å². The van der Waals surface area contributed by atoms with Crippen molar-refractivity contribution in [2.75, 3.05) is 5.32 Å². The molecule has 0 fully saturated rings. The molecule has 108 valence electrons. The maximum Gasteiger partial charge on any atom is 0.339 e. The molecular weight excluding hydrogens is 339 g/mol. The van der Waals surface area contributed by atoms with E-state index in [1.165, 1.54) is 30.3 Å². The summed E-state index contributed by atoms with van der Waals surface area (Å²) in [4.78, 5) is 27.0. The summed E-state index contributed by atoms with van der Waals surface area (Å²) in [5.41, 5.74) is -0.0750. The van der Waals surface area contributed by atoms with Gasteiger partial charge in [-0.2, -0.15) is 0 Å².